The van der Waals surface area contributed by atoms with Crippen molar-refractivity contribution in [3.05, 3.63) is 24.3 Å². The number of carbonyl (C=O) groups excluding carboxylic acids is 1. The second-order valence-electron chi connectivity index (χ2n) is 3.67. The standard InChI is InChI=1S/C12H12ClNO5S/c1-3-8-14(2)10-6-4-5-7-11(10)19-20(16,17)9-18-12(13)15/h1,4-7H,8-9H2,2H3. The van der Waals surface area contributed by atoms with Crippen LogP contribution in [-0.2, 0) is 14.9 Å². The number of rotatable bonds is 6. The average Bonchev–Trinajstić information content (AvgIpc) is 2.37. The fraction of sp³-hybridized carbons (Fsp3) is 0.250. The Bertz CT molecular complexity index is 623. The topological polar surface area (TPSA) is 72.9 Å². The Morgan fingerprint density at radius 2 is 2.10 bits per heavy atom. The maximum Gasteiger partial charge on any atom is 0.404 e. The summed E-state index contributed by atoms with van der Waals surface area (Å²) in [6, 6.07) is 6.42. The molecule has 0 saturated heterocycles. The van der Waals surface area contributed by atoms with Gasteiger partial charge in [-0.2, -0.15) is 8.42 Å². The predicted molar refractivity (Wildman–Crippen MR) is 75.3 cm³/mol. The fourth-order valence-corrected chi connectivity index (χ4v) is 2.18. The number of para-hydroxylation sites is 2. The van der Waals surface area contributed by atoms with Crippen LogP contribution >= 0.6 is 11.6 Å². The van der Waals surface area contributed by atoms with E-state index in [2.05, 4.69) is 10.7 Å². The molecule has 0 saturated carbocycles. The summed E-state index contributed by atoms with van der Waals surface area (Å²) in [5.41, 5.74) is -0.735. The minimum absolute atomic E-state index is 0.0795. The van der Waals surface area contributed by atoms with Crippen molar-refractivity contribution in [2.24, 2.45) is 0 Å². The average molecular weight is 318 g/mol. The van der Waals surface area contributed by atoms with Gasteiger partial charge in [0.05, 0.1) is 12.2 Å². The molecule has 20 heavy (non-hydrogen) atoms. The van der Waals surface area contributed by atoms with Crippen LogP contribution in [0.15, 0.2) is 24.3 Å². The number of halogens is 1. The van der Waals surface area contributed by atoms with Gasteiger partial charge in [0.15, 0.2) is 5.75 Å². The minimum Gasteiger partial charge on any atom is -0.433 e. The molecule has 0 aliphatic rings. The first-order valence-corrected chi connectivity index (χ1v) is 7.29. The Hall–Kier alpha value is -1.91. The highest BCUT2D eigenvalue weighted by Crippen LogP contribution is 2.28. The lowest BCUT2D eigenvalue weighted by molar-refractivity contribution is 0.189. The van der Waals surface area contributed by atoms with E-state index >= 15 is 0 Å². The zero-order valence-corrected chi connectivity index (χ0v) is 12.1. The summed E-state index contributed by atoms with van der Waals surface area (Å²) >= 11 is 4.90. The van der Waals surface area contributed by atoms with Crippen LogP contribution in [0.4, 0.5) is 10.5 Å². The van der Waals surface area contributed by atoms with Crippen LogP contribution in [0, 0.1) is 12.3 Å². The van der Waals surface area contributed by atoms with Gasteiger partial charge in [0.25, 0.3) is 0 Å². The quantitative estimate of drug-likeness (QED) is 0.452. The van der Waals surface area contributed by atoms with Gasteiger partial charge < -0.3 is 13.8 Å². The van der Waals surface area contributed by atoms with E-state index in [1.807, 2.05) is 0 Å². The Balaban J connectivity index is 2.92. The van der Waals surface area contributed by atoms with Crippen LogP contribution in [0.5, 0.6) is 5.75 Å². The van der Waals surface area contributed by atoms with Gasteiger partial charge in [-0.05, 0) is 12.1 Å². The molecule has 0 bridgehead atoms. The molecule has 108 valence electrons. The molecule has 0 heterocycles. The molecule has 0 spiro atoms. The number of ether oxygens (including phenoxy) is 1. The molecule has 0 atom stereocenters. The van der Waals surface area contributed by atoms with E-state index in [0.29, 0.717) is 5.69 Å². The minimum atomic E-state index is -4.11. The van der Waals surface area contributed by atoms with Crippen LogP contribution in [-0.4, -0.2) is 33.4 Å². The van der Waals surface area contributed by atoms with Gasteiger partial charge in [-0.3, -0.25) is 0 Å². The van der Waals surface area contributed by atoms with Crippen molar-refractivity contribution in [1.29, 1.82) is 0 Å². The summed E-state index contributed by atoms with van der Waals surface area (Å²) in [7, 11) is -2.42. The third-order valence-corrected chi connectivity index (χ3v) is 3.09. The first-order chi connectivity index (χ1) is 9.35. The number of nitrogens with zero attached hydrogens (tertiary/aromatic N) is 1. The van der Waals surface area contributed by atoms with Crippen molar-refractivity contribution in [2.45, 2.75) is 0 Å². The molecule has 1 aromatic carbocycles. The van der Waals surface area contributed by atoms with E-state index in [1.165, 1.54) is 6.07 Å². The smallest absolute Gasteiger partial charge is 0.404 e. The summed E-state index contributed by atoms with van der Waals surface area (Å²) < 4.78 is 32.3. The Kier molecular flexibility index (Phi) is 5.67. The zero-order valence-electron chi connectivity index (χ0n) is 10.6. The lowest BCUT2D eigenvalue weighted by Gasteiger charge is -2.19. The fourth-order valence-electron chi connectivity index (χ4n) is 1.34. The molecule has 1 aromatic rings. The van der Waals surface area contributed by atoms with Crippen molar-refractivity contribution in [3.8, 4) is 18.1 Å². The van der Waals surface area contributed by atoms with E-state index in [-0.39, 0.29) is 12.3 Å². The van der Waals surface area contributed by atoms with Crippen LogP contribution < -0.4 is 9.08 Å². The van der Waals surface area contributed by atoms with Crippen LogP contribution in [0.3, 0.4) is 0 Å². The van der Waals surface area contributed by atoms with Gasteiger partial charge in [0, 0.05) is 18.6 Å². The third kappa shape index (κ3) is 4.99. The summed E-state index contributed by atoms with van der Waals surface area (Å²) in [5.74, 6) is 1.54. The number of anilines is 1. The van der Waals surface area contributed by atoms with Crippen molar-refractivity contribution in [1.82, 2.24) is 0 Å². The Labute approximate surface area is 122 Å². The summed E-state index contributed by atoms with van der Waals surface area (Å²) in [6.07, 6.45) is 5.20. The molecule has 8 heteroatoms. The highest BCUT2D eigenvalue weighted by Gasteiger charge is 2.18. The number of benzene rings is 1. The summed E-state index contributed by atoms with van der Waals surface area (Å²) in [4.78, 5) is 12.0. The maximum absolute atomic E-state index is 11.6. The van der Waals surface area contributed by atoms with Gasteiger partial charge in [0.2, 0.25) is 5.94 Å². The third-order valence-electron chi connectivity index (χ3n) is 2.14. The molecule has 0 aliphatic carbocycles. The van der Waals surface area contributed by atoms with Crippen molar-refractivity contribution in [2.75, 3.05) is 24.4 Å². The maximum atomic E-state index is 11.6. The number of terminal acetylenes is 1. The first-order valence-electron chi connectivity index (χ1n) is 5.34. The largest absolute Gasteiger partial charge is 0.433 e. The first kappa shape index (κ1) is 16.1. The van der Waals surface area contributed by atoms with E-state index in [9.17, 15) is 13.2 Å². The van der Waals surface area contributed by atoms with Crippen LogP contribution in [0.25, 0.3) is 0 Å². The summed E-state index contributed by atoms with van der Waals surface area (Å²) in [5, 5.41) is 0. The molecule has 0 unspecified atom stereocenters. The highest BCUT2D eigenvalue weighted by molar-refractivity contribution is 7.86. The van der Waals surface area contributed by atoms with Gasteiger partial charge in [-0.1, -0.05) is 18.1 Å². The normalized spacial score (nSPS) is 10.4. The van der Waals surface area contributed by atoms with Gasteiger partial charge in [0.1, 0.15) is 0 Å². The van der Waals surface area contributed by atoms with Crippen molar-refractivity contribution in [3.63, 3.8) is 0 Å². The lowest BCUT2D eigenvalue weighted by Crippen LogP contribution is -2.21. The zero-order chi connectivity index (χ0) is 15.2. The monoisotopic (exact) mass is 317 g/mol. The number of carbonyl (C=O) groups is 1. The molecule has 0 aliphatic heterocycles. The molecule has 1 rings (SSSR count). The summed E-state index contributed by atoms with van der Waals surface area (Å²) in [6.45, 7) is 0.275. The van der Waals surface area contributed by atoms with E-state index in [0.717, 1.165) is 0 Å². The molecule has 0 aromatic heterocycles. The van der Waals surface area contributed by atoms with Crippen LogP contribution in [0.1, 0.15) is 0 Å². The number of hydrogen-bond acceptors (Lipinski definition) is 6. The van der Waals surface area contributed by atoms with Gasteiger partial charge in [-0.15, -0.1) is 6.42 Å². The van der Waals surface area contributed by atoms with Crippen molar-refractivity contribution >= 4 is 32.8 Å². The van der Waals surface area contributed by atoms with Gasteiger partial charge in [-0.25, -0.2) is 4.79 Å². The predicted octanol–water partition coefficient (Wildman–Crippen LogP) is 1.80. The van der Waals surface area contributed by atoms with Crippen molar-refractivity contribution < 1.29 is 22.1 Å². The molecule has 0 amide bonds. The second-order valence-corrected chi connectivity index (χ2v) is 5.50. The Morgan fingerprint density at radius 3 is 2.70 bits per heavy atom. The van der Waals surface area contributed by atoms with E-state index in [4.69, 9.17) is 22.2 Å². The van der Waals surface area contributed by atoms with E-state index in [1.54, 1.807) is 30.1 Å². The molecule has 0 radical (unpaired) electrons. The van der Waals surface area contributed by atoms with Crippen LogP contribution in [0.2, 0.25) is 0 Å². The molecular formula is C12H12ClNO5S. The molecular weight excluding hydrogens is 306 g/mol. The van der Waals surface area contributed by atoms with Gasteiger partial charge >= 0.3 is 15.5 Å². The van der Waals surface area contributed by atoms with E-state index < -0.39 is 21.5 Å². The molecule has 0 N–H and O–H groups in total. The SMILES string of the molecule is C#CCN(C)c1ccccc1OS(=O)(=O)COC(=O)Cl. The molecule has 0 fully saturated rings. The number of hydrogen-bond donors (Lipinski definition) is 0. The Morgan fingerprint density at radius 1 is 1.45 bits per heavy atom. The lowest BCUT2D eigenvalue weighted by atomic mass is 10.3. The molecule has 6 nitrogen and oxygen atoms in total. The highest BCUT2D eigenvalue weighted by atomic mass is 35.5. The second kappa shape index (κ2) is 7.03.